The number of pyridine rings is 3. The predicted molar refractivity (Wildman–Crippen MR) is 289 cm³/mol. The summed E-state index contributed by atoms with van der Waals surface area (Å²) in [5, 5.41) is 12.6. The fourth-order valence-electron chi connectivity index (χ4n) is 11.7. The van der Waals surface area contributed by atoms with E-state index in [1.807, 2.05) is 39.0 Å². The zero-order valence-electron chi connectivity index (χ0n) is 43.9. The van der Waals surface area contributed by atoms with E-state index in [9.17, 15) is 40.7 Å². The van der Waals surface area contributed by atoms with Gasteiger partial charge < -0.3 is 45.6 Å². The van der Waals surface area contributed by atoms with Gasteiger partial charge in [-0.25, -0.2) is 41.3 Å². The van der Waals surface area contributed by atoms with Crippen molar-refractivity contribution in [1.29, 1.82) is 0 Å². The summed E-state index contributed by atoms with van der Waals surface area (Å²) in [6.45, 7) is 18.5. The molecule has 3 amide bonds. The molecule has 9 heterocycles. The molecule has 3 aliphatic carbocycles. The highest BCUT2D eigenvalue weighted by atomic mass is 19.3. The lowest BCUT2D eigenvalue weighted by Gasteiger charge is -2.38. The van der Waals surface area contributed by atoms with Crippen molar-refractivity contribution in [2.24, 2.45) is 0 Å². The van der Waals surface area contributed by atoms with Crippen LogP contribution in [0.5, 0.6) is 0 Å². The zero-order chi connectivity index (χ0) is 55.4. The first-order valence-corrected chi connectivity index (χ1v) is 26.8. The lowest BCUT2D eigenvalue weighted by molar-refractivity contribution is -0.130. The molecule has 3 aliphatic heterocycles. The van der Waals surface area contributed by atoms with Gasteiger partial charge in [0.2, 0.25) is 17.7 Å². The minimum Gasteiger partial charge on any atom is -0.380 e. The number of anilines is 3. The molecule has 12 rings (SSSR count). The number of fused-ring (bicyclic) bond motifs is 3. The Morgan fingerprint density at radius 2 is 0.756 bits per heavy atom. The van der Waals surface area contributed by atoms with E-state index in [2.05, 4.69) is 65.6 Å². The summed E-state index contributed by atoms with van der Waals surface area (Å²) in [5.74, 6) is -10.4. The minimum atomic E-state index is -2.63. The Morgan fingerprint density at radius 1 is 0.500 bits per heavy atom. The van der Waals surface area contributed by atoms with Crippen molar-refractivity contribution in [3.8, 4) is 0 Å². The van der Waals surface area contributed by atoms with Gasteiger partial charge in [-0.2, -0.15) is 0 Å². The molecule has 6 aromatic rings. The Morgan fingerprint density at radius 3 is 0.987 bits per heavy atom. The molecular weight excluding hydrogens is 1010 g/mol. The zero-order valence-corrected chi connectivity index (χ0v) is 43.9. The summed E-state index contributed by atoms with van der Waals surface area (Å²) in [7, 11) is 0. The number of nitrogens with zero attached hydrogens (tertiary/aromatic N) is 6. The fourth-order valence-corrected chi connectivity index (χ4v) is 11.7. The number of piperidine rings is 3. The molecule has 0 radical (unpaired) electrons. The van der Waals surface area contributed by atoms with Gasteiger partial charge in [-0.1, -0.05) is 19.7 Å². The Labute approximate surface area is 447 Å². The van der Waals surface area contributed by atoms with E-state index in [4.69, 9.17) is 0 Å². The van der Waals surface area contributed by atoms with Gasteiger partial charge in [0.15, 0.2) is 0 Å². The van der Waals surface area contributed by atoms with E-state index >= 15 is 0 Å². The van der Waals surface area contributed by atoms with Crippen molar-refractivity contribution < 1.29 is 40.7 Å². The Hall–Kier alpha value is -7.32. The number of amides is 3. The molecule has 6 fully saturated rings. The predicted octanol–water partition coefficient (Wildman–Crippen LogP) is 11.0. The molecule has 6 aromatic heterocycles. The molecule has 414 valence electrons. The van der Waals surface area contributed by atoms with Gasteiger partial charge in [0.1, 0.15) is 16.9 Å². The SMILES string of the molecule is C=CC(=O)N1C[C@H](Nc2ccnc3[nH]cc(C4CC4(F)F)c23)CC[C@@H]1C.C=CC(=O)N1C[C@H](Nc2ccnc3[nH]cc([C@@H]4CC4(F)F)c23)CC[C@@H]1C.C=CC(=O)N1C[C@H](Nc2ccnc3[nH]cc([C@H]4CC4(F)F)c23)CC[C@@H]1C. The van der Waals surface area contributed by atoms with Crippen LogP contribution in [0.25, 0.3) is 33.1 Å². The van der Waals surface area contributed by atoms with E-state index in [0.29, 0.717) is 53.3 Å². The molecule has 0 aromatic carbocycles. The number of alkyl halides is 6. The van der Waals surface area contributed by atoms with Crippen LogP contribution in [0.2, 0.25) is 0 Å². The number of halogens is 6. The first kappa shape index (κ1) is 54.1. The number of aromatic amines is 3. The average molecular weight is 1080 g/mol. The van der Waals surface area contributed by atoms with E-state index in [-0.39, 0.29) is 73.2 Å². The van der Waals surface area contributed by atoms with Crippen LogP contribution in [0, 0.1) is 0 Å². The quantitative estimate of drug-likeness (QED) is 0.0513. The molecule has 3 saturated heterocycles. The molecule has 6 N–H and O–H groups in total. The summed E-state index contributed by atoms with van der Waals surface area (Å²) in [4.78, 5) is 63.4. The van der Waals surface area contributed by atoms with Gasteiger partial charge in [-0.3, -0.25) is 14.4 Å². The summed E-state index contributed by atoms with van der Waals surface area (Å²) in [5.41, 5.74) is 6.04. The highest BCUT2D eigenvalue weighted by Crippen LogP contribution is 2.59. The van der Waals surface area contributed by atoms with E-state index in [0.717, 1.165) is 71.7 Å². The van der Waals surface area contributed by atoms with Crippen LogP contribution in [-0.4, -0.2) is 136 Å². The fraction of sp³-hybridized carbons (Fsp3) is 0.474. The van der Waals surface area contributed by atoms with Crippen LogP contribution in [0.1, 0.15) is 113 Å². The maximum Gasteiger partial charge on any atom is 0.256 e. The minimum absolute atomic E-state index is 0.0585. The second-order valence-electron chi connectivity index (χ2n) is 21.9. The molecule has 15 nitrogen and oxygen atoms in total. The van der Waals surface area contributed by atoms with Crippen LogP contribution in [0.3, 0.4) is 0 Å². The molecule has 0 bridgehead atoms. The summed E-state index contributed by atoms with van der Waals surface area (Å²) < 4.78 is 81.6. The number of aromatic nitrogens is 6. The van der Waals surface area contributed by atoms with E-state index < -0.39 is 35.5 Å². The van der Waals surface area contributed by atoms with Gasteiger partial charge in [0.25, 0.3) is 17.8 Å². The number of carbonyl (C=O) groups is 3. The van der Waals surface area contributed by atoms with Gasteiger partial charge >= 0.3 is 0 Å². The monoisotopic (exact) mass is 1080 g/mol. The summed E-state index contributed by atoms with van der Waals surface area (Å²) >= 11 is 0. The highest BCUT2D eigenvalue weighted by Gasteiger charge is 2.60. The van der Waals surface area contributed by atoms with Crippen LogP contribution < -0.4 is 16.0 Å². The van der Waals surface area contributed by atoms with Crippen LogP contribution >= 0.6 is 0 Å². The standard InChI is InChI=1S/3C19H22F2N4O/c3*1-3-16(26)25-10-12(5-4-11(25)2)24-15-6-7-22-18-17(15)13(9-23-18)14-8-19(14,20)21/h3*3,6-7,9,11-12,14H,1,4-5,8,10H2,2H3,(H2,22,23,24)/t11-,12+,14?;11-,12+,14+;11-,12+,14-/m000/s1. The van der Waals surface area contributed by atoms with Gasteiger partial charge in [-0.05, 0) is 112 Å². The van der Waals surface area contributed by atoms with Crippen molar-refractivity contribution in [2.45, 2.75) is 150 Å². The van der Waals surface area contributed by atoms with Crippen molar-refractivity contribution in [3.63, 3.8) is 0 Å². The molecule has 21 heteroatoms. The summed E-state index contributed by atoms with van der Waals surface area (Å²) in [6, 6.07) is 6.14. The van der Waals surface area contributed by atoms with E-state index in [1.165, 1.54) is 18.2 Å². The number of carbonyl (C=O) groups excluding carboxylic acids is 3. The molecule has 78 heavy (non-hydrogen) atoms. The third kappa shape index (κ3) is 10.9. The topological polar surface area (TPSA) is 183 Å². The number of likely N-dealkylation sites (tertiary alicyclic amines) is 3. The molecular formula is C57H66F6N12O3. The number of H-pyrrole nitrogens is 3. The van der Waals surface area contributed by atoms with Gasteiger partial charge in [0.05, 0.1) is 17.8 Å². The number of rotatable bonds is 12. The molecule has 0 spiro atoms. The smallest absolute Gasteiger partial charge is 0.256 e. The van der Waals surface area contributed by atoms with Crippen molar-refractivity contribution in [3.05, 3.63) is 110 Å². The first-order chi connectivity index (χ1) is 37.2. The first-order valence-electron chi connectivity index (χ1n) is 26.8. The number of hydrogen-bond donors (Lipinski definition) is 6. The normalized spacial score (nSPS) is 27.3. The van der Waals surface area contributed by atoms with Crippen molar-refractivity contribution >= 4 is 67.9 Å². The maximum atomic E-state index is 13.6. The lowest BCUT2D eigenvalue weighted by atomic mass is 9.98. The third-order valence-corrected chi connectivity index (χ3v) is 16.5. The molecule has 3 saturated carbocycles. The van der Waals surface area contributed by atoms with Crippen LogP contribution in [0.4, 0.5) is 43.4 Å². The van der Waals surface area contributed by atoms with Crippen LogP contribution in [-0.2, 0) is 14.4 Å². The second-order valence-corrected chi connectivity index (χ2v) is 21.9. The second kappa shape index (κ2) is 21.1. The summed E-state index contributed by atoms with van der Waals surface area (Å²) in [6.07, 6.45) is 18.9. The Balaban J connectivity index is 0.000000132. The Bertz CT molecular complexity index is 2920. The molecule has 9 atom stereocenters. The van der Waals surface area contributed by atoms with Crippen molar-refractivity contribution in [2.75, 3.05) is 35.6 Å². The third-order valence-electron chi connectivity index (χ3n) is 16.5. The average Bonchev–Trinajstić information content (AvgIpc) is 4.37. The highest BCUT2D eigenvalue weighted by molar-refractivity contribution is 5.96. The molecule has 6 aliphatic rings. The van der Waals surface area contributed by atoms with Crippen molar-refractivity contribution in [1.82, 2.24) is 44.6 Å². The molecule has 1 unspecified atom stereocenters. The lowest BCUT2D eigenvalue weighted by Crippen LogP contribution is -2.49. The largest absolute Gasteiger partial charge is 0.380 e. The van der Waals surface area contributed by atoms with Gasteiger partial charge in [0, 0.05) is 146 Å². The Kier molecular flexibility index (Phi) is 14.7. The van der Waals surface area contributed by atoms with Crippen LogP contribution in [0.15, 0.2) is 93.3 Å². The number of nitrogens with one attached hydrogen (secondary N) is 6. The number of hydrogen-bond acceptors (Lipinski definition) is 9. The maximum absolute atomic E-state index is 13.6. The van der Waals surface area contributed by atoms with E-state index in [1.54, 1.807) is 51.9 Å². The van der Waals surface area contributed by atoms with Gasteiger partial charge in [-0.15, -0.1) is 0 Å².